The lowest BCUT2D eigenvalue weighted by atomic mass is 10.0. The number of carbonyl (C=O) groups is 2. The van der Waals surface area contributed by atoms with Crippen molar-refractivity contribution in [2.45, 2.75) is 38.9 Å². The third-order valence-electron chi connectivity index (χ3n) is 5.00. The Balaban J connectivity index is 1.64. The van der Waals surface area contributed by atoms with Crippen molar-refractivity contribution in [2.24, 2.45) is 5.92 Å². The Hall–Kier alpha value is -1.82. The number of nitrogens with one attached hydrogen (secondary N) is 3. The highest BCUT2D eigenvalue weighted by atomic mass is 127. The van der Waals surface area contributed by atoms with Crippen LogP contribution in [0.2, 0.25) is 10.0 Å². The Kier molecular flexibility index (Phi) is 9.25. The van der Waals surface area contributed by atoms with Gasteiger partial charge in [-0.3, -0.25) is 14.7 Å². The summed E-state index contributed by atoms with van der Waals surface area (Å²) in [6.07, 6.45) is 0. The number of aromatic amines is 1. The summed E-state index contributed by atoms with van der Waals surface area (Å²) < 4.78 is 1.12. The molecule has 0 spiro atoms. The Bertz CT molecular complexity index is 1190. The second kappa shape index (κ2) is 11.7. The molecule has 1 atom stereocenters. The first kappa shape index (κ1) is 26.8. The molecule has 1 heterocycles. The van der Waals surface area contributed by atoms with Gasteiger partial charge in [0.25, 0.3) is 5.91 Å². The van der Waals surface area contributed by atoms with E-state index in [1.54, 1.807) is 12.1 Å². The van der Waals surface area contributed by atoms with Crippen molar-refractivity contribution < 1.29 is 9.59 Å². The number of hydrogen-bond acceptors (Lipinski definition) is 5. The van der Waals surface area contributed by atoms with E-state index >= 15 is 0 Å². The molecule has 0 bridgehead atoms. The molecule has 0 radical (unpaired) electrons. The lowest BCUT2D eigenvalue weighted by Gasteiger charge is -2.20. The number of rotatable bonds is 8. The first-order valence-corrected chi connectivity index (χ1v) is 13.2. The van der Waals surface area contributed by atoms with Crippen molar-refractivity contribution in [2.75, 3.05) is 11.1 Å². The van der Waals surface area contributed by atoms with Crippen molar-refractivity contribution in [1.29, 1.82) is 0 Å². The predicted molar refractivity (Wildman–Crippen MR) is 146 cm³/mol. The Morgan fingerprint density at radius 1 is 1.15 bits per heavy atom. The van der Waals surface area contributed by atoms with Gasteiger partial charge in [-0.25, -0.2) is 4.98 Å². The van der Waals surface area contributed by atoms with Crippen LogP contribution in [0.3, 0.4) is 0 Å². The fraction of sp³-hybridized carbons (Fsp3) is 0.304. The van der Waals surface area contributed by atoms with Gasteiger partial charge in [-0.15, -0.1) is 5.10 Å². The fourth-order valence-electron chi connectivity index (χ4n) is 3.32. The number of amides is 2. The molecule has 0 fully saturated rings. The van der Waals surface area contributed by atoms with Gasteiger partial charge in [0.05, 0.1) is 22.4 Å². The molecular formula is C23H24Cl2IN5O2S. The summed E-state index contributed by atoms with van der Waals surface area (Å²) in [6.45, 7) is 7.86. The Labute approximate surface area is 226 Å². The molecule has 3 rings (SSSR count). The molecule has 0 saturated carbocycles. The molecule has 3 N–H and O–H groups in total. The quantitative estimate of drug-likeness (QED) is 0.203. The van der Waals surface area contributed by atoms with Crippen molar-refractivity contribution in [3.05, 3.63) is 66.5 Å². The number of aryl methyl sites for hydroxylation is 2. The molecule has 34 heavy (non-hydrogen) atoms. The van der Waals surface area contributed by atoms with Crippen LogP contribution in [0.4, 0.5) is 5.69 Å². The van der Waals surface area contributed by atoms with Crippen LogP contribution in [-0.2, 0) is 4.79 Å². The molecule has 2 amide bonds. The predicted octanol–water partition coefficient (Wildman–Crippen LogP) is 6.19. The maximum absolute atomic E-state index is 12.8. The zero-order chi connectivity index (χ0) is 25.0. The first-order chi connectivity index (χ1) is 16.0. The van der Waals surface area contributed by atoms with Crippen LogP contribution in [0.25, 0.3) is 0 Å². The summed E-state index contributed by atoms with van der Waals surface area (Å²) in [5.41, 5.74) is 3.17. The van der Waals surface area contributed by atoms with E-state index in [-0.39, 0.29) is 28.5 Å². The van der Waals surface area contributed by atoms with Crippen molar-refractivity contribution in [1.82, 2.24) is 20.5 Å². The standard InChI is InChI=1S/C23H24Cl2IN5O2S/c1-11(2)19(28-22(33)16-6-5-14(24)9-17(16)25)21-29-23(31-30-21)34-10-18(32)27-20-12(3)7-15(26)8-13(20)4/h5-9,11,19H,10H2,1-4H3,(H,27,32)(H,28,33)(H,29,30,31)/t19-/m1/s1. The van der Waals surface area contributed by atoms with Crippen LogP contribution in [0.5, 0.6) is 0 Å². The van der Waals surface area contributed by atoms with Gasteiger partial charge in [0.1, 0.15) is 5.82 Å². The number of H-pyrrole nitrogens is 1. The summed E-state index contributed by atoms with van der Waals surface area (Å²) in [6, 6.07) is 8.34. The largest absolute Gasteiger partial charge is 0.342 e. The van der Waals surface area contributed by atoms with E-state index in [4.69, 9.17) is 23.2 Å². The summed E-state index contributed by atoms with van der Waals surface area (Å²) in [7, 11) is 0. The van der Waals surface area contributed by atoms with Gasteiger partial charge < -0.3 is 10.6 Å². The zero-order valence-electron chi connectivity index (χ0n) is 19.0. The van der Waals surface area contributed by atoms with Crippen LogP contribution in [0.15, 0.2) is 35.5 Å². The van der Waals surface area contributed by atoms with Gasteiger partial charge >= 0.3 is 0 Å². The first-order valence-electron chi connectivity index (χ1n) is 10.4. The van der Waals surface area contributed by atoms with E-state index < -0.39 is 6.04 Å². The van der Waals surface area contributed by atoms with E-state index in [9.17, 15) is 9.59 Å². The summed E-state index contributed by atoms with van der Waals surface area (Å²) >= 11 is 15.6. The third kappa shape index (κ3) is 6.87. The number of nitrogens with zero attached hydrogens (tertiary/aromatic N) is 2. The van der Waals surface area contributed by atoms with Crippen molar-refractivity contribution >= 4 is 75.1 Å². The number of benzene rings is 2. The SMILES string of the molecule is Cc1cc(I)cc(C)c1NC(=O)CSc1n[nH]c([C@H](NC(=O)c2ccc(Cl)cc2Cl)C(C)C)n1. The fourth-order valence-corrected chi connectivity index (χ4v) is 5.35. The smallest absolute Gasteiger partial charge is 0.253 e. The Morgan fingerprint density at radius 3 is 2.44 bits per heavy atom. The highest BCUT2D eigenvalue weighted by Gasteiger charge is 2.24. The molecule has 0 aliphatic heterocycles. The number of anilines is 1. The van der Waals surface area contributed by atoms with Crippen LogP contribution in [0, 0.1) is 23.3 Å². The second-order valence-corrected chi connectivity index (χ2v) is 11.1. The van der Waals surface area contributed by atoms with E-state index in [1.165, 1.54) is 17.8 Å². The van der Waals surface area contributed by atoms with Crippen LogP contribution < -0.4 is 10.6 Å². The van der Waals surface area contributed by atoms with E-state index in [2.05, 4.69) is 48.4 Å². The number of hydrogen-bond donors (Lipinski definition) is 3. The third-order valence-corrected chi connectivity index (χ3v) is 7.02. The van der Waals surface area contributed by atoms with Crippen LogP contribution in [-0.4, -0.2) is 32.7 Å². The molecule has 3 aromatic rings. The maximum Gasteiger partial charge on any atom is 0.253 e. The van der Waals surface area contributed by atoms with E-state index in [1.807, 2.05) is 39.8 Å². The number of thioether (sulfide) groups is 1. The average molecular weight is 632 g/mol. The minimum Gasteiger partial charge on any atom is -0.342 e. The Morgan fingerprint density at radius 2 is 1.82 bits per heavy atom. The van der Waals surface area contributed by atoms with Crippen molar-refractivity contribution in [3.8, 4) is 0 Å². The number of carbonyl (C=O) groups excluding carboxylic acids is 2. The second-order valence-electron chi connectivity index (χ2n) is 8.07. The summed E-state index contributed by atoms with van der Waals surface area (Å²) in [4.78, 5) is 29.8. The van der Waals surface area contributed by atoms with Gasteiger partial charge in [0, 0.05) is 14.3 Å². The lowest BCUT2D eigenvalue weighted by molar-refractivity contribution is -0.113. The van der Waals surface area contributed by atoms with Gasteiger partial charge in [0.15, 0.2) is 0 Å². The highest BCUT2D eigenvalue weighted by Crippen LogP contribution is 2.26. The lowest BCUT2D eigenvalue weighted by Crippen LogP contribution is -2.32. The van der Waals surface area contributed by atoms with Crippen LogP contribution >= 0.6 is 57.6 Å². The van der Waals surface area contributed by atoms with Gasteiger partial charge in [0.2, 0.25) is 11.1 Å². The monoisotopic (exact) mass is 631 g/mol. The highest BCUT2D eigenvalue weighted by molar-refractivity contribution is 14.1. The number of halogens is 3. The maximum atomic E-state index is 12.8. The van der Waals surface area contributed by atoms with Crippen LogP contribution in [0.1, 0.15) is 47.2 Å². The van der Waals surface area contributed by atoms with E-state index in [0.29, 0.717) is 21.6 Å². The molecule has 0 aliphatic carbocycles. The summed E-state index contributed by atoms with van der Waals surface area (Å²) in [5.74, 6) is 0.196. The topological polar surface area (TPSA) is 99.8 Å². The molecule has 180 valence electrons. The normalized spacial score (nSPS) is 12.0. The minimum atomic E-state index is -0.424. The molecular weight excluding hydrogens is 608 g/mol. The molecule has 0 aliphatic rings. The molecule has 0 saturated heterocycles. The van der Waals surface area contributed by atoms with E-state index in [0.717, 1.165) is 20.4 Å². The molecule has 2 aromatic carbocycles. The molecule has 1 aromatic heterocycles. The molecule has 7 nitrogen and oxygen atoms in total. The minimum absolute atomic E-state index is 0.0240. The van der Waals surface area contributed by atoms with Gasteiger partial charge in [-0.1, -0.05) is 48.8 Å². The number of aromatic nitrogens is 3. The van der Waals surface area contributed by atoms with Gasteiger partial charge in [-0.05, 0) is 83.8 Å². The molecule has 11 heteroatoms. The summed E-state index contributed by atoms with van der Waals surface area (Å²) in [5, 5.41) is 14.2. The zero-order valence-corrected chi connectivity index (χ0v) is 23.5. The molecule has 0 unspecified atom stereocenters. The van der Waals surface area contributed by atoms with Crippen molar-refractivity contribution in [3.63, 3.8) is 0 Å². The van der Waals surface area contributed by atoms with Gasteiger partial charge in [-0.2, -0.15) is 0 Å². The average Bonchev–Trinajstić information content (AvgIpc) is 3.21.